The first-order chi connectivity index (χ1) is 17.1. The highest BCUT2D eigenvalue weighted by molar-refractivity contribution is 6.36. The molecule has 0 aliphatic rings. The van der Waals surface area contributed by atoms with E-state index in [1.54, 1.807) is 21.3 Å². The molecular formula is C23H44O12Si2. The van der Waals surface area contributed by atoms with E-state index >= 15 is 0 Å². The maximum absolute atomic E-state index is 10.5. The maximum Gasteiger partial charge on any atom is 0.483 e. The van der Waals surface area contributed by atoms with Crippen LogP contribution in [0.2, 0.25) is 6.04 Å². The van der Waals surface area contributed by atoms with Crippen LogP contribution in [0.4, 0.5) is 0 Å². The van der Waals surface area contributed by atoms with Crippen LogP contribution in [0.15, 0.2) is 49.1 Å². The third-order valence-corrected chi connectivity index (χ3v) is 5.61. The Bertz CT molecular complexity index is 591. The first kappa shape index (κ1) is 44.1. The molecule has 216 valence electrons. The zero-order valence-electron chi connectivity index (χ0n) is 23.0. The minimum Gasteiger partial charge on any atom is -0.478 e. The van der Waals surface area contributed by atoms with Crippen molar-refractivity contribution >= 4 is 43.2 Å². The Morgan fingerprint density at radius 1 is 0.811 bits per heavy atom. The van der Waals surface area contributed by atoms with Crippen LogP contribution >= 0.6 is 0 Å². The number of carbonyl (C=O) groups excluding carboxylic acids is 1. The van der Waals surface area contributed by atoms with Crippen molar-refractivity contribution in [3.63, 3.8) is 0 Å². The van der Waals surface area contributed by atoms with Crippen LogP contribution in [-0.2, 0) is 41.6 Å². The molecule has 12 nitrogen and oxygen atoms in total. The molecule has 0 aliphatic carbocycles. The molecule has 37 heavy (non-hydrogen) atoms. The molecule has 0 aliphatic heterocycles. The summed E-state index contributed by atoms with van der Waals surface area (Å²) in [5, 5.41) is 23.7. The number of esters is 1. The van der Waals surface area contributed by atoms with E-state index in [1.807, 2.05) is 6.92 Å². The summed E-state index contributed by atoms with van der Waals surface area (Å²) in [7, 11) is 2.69. The number of ether oxygens (including phenoxy) is 1. The largest absolute Gasteiger partial charge is 0.483 e. The fraction of sp³-hybridized carbons (Fsp3) is 0.478. The van der Waals surface area contributed by atoms with E-state index < -0.39 is 27.4 Å². The lowest BCUT2D eigenvalue weighted by Gasteiger charge is -2.05. The molecule has 0 amide bonds. The van der Waals surface area contributed by atoms with Crippen molar-refractivity contribution in [2.24, 2.45) is 0 Å². The topological polar surface area (TPSA) is 175 Å². The van der Waals surface area contributed by atoms with Crippen molar-refractivity contribution in [2.75, 3.05) is 34.5 Å². The summed E-state index contributed by atoms with van der Waals surface area (Å²) in [5.41, 5.74) is 0.528. The van der Waals surface area contributed by atoms with Crippen LogP contribution in [0, 0.1) is 0 Å². The Balaban J connectivity index is -0.000000120. The van der Waals surface area contributed by atoms with Gasteiger partial charge < -0.3 is 37.8 Å². The molecule has 0 aromatic heterocycles. The van der Waals surface area contributed by atoms with Gasteiger partial charge in [-0.25, -0.2) is 19.2 Å². The van der Waals surface area contributed by atoms with Gasteiger partial charge in [0.1, 0.15) is 0 Å². The van der Waals surface area contributed by atoms with E-state index in [-0.39, 0.29) is 32.5 Å². The van der Waals surface area contributed by atoms with Crippen LogP contribution in [0.25, 0.3) is 0 Å². The standard InChI is InChI=1S/C8H16O3Si.3C4H6O2.C3H10O3Si/c1-3-8(9)10-6-5-7-12-11-4-2;3*1-3(2)4(5)6;1-4-7(5-2)6-3/h3H,1,4-7,12H2,2H3;3*1H2,2H3,(H,5,6);7H,1-3H3. The maximum atomic E-state index is 10.5. The molecule has 0 atom stereocenters. The van der Waals surface area contributed by atoms with E-state index in [0.29, 0.717) is 6.61 Å². The predicted molar refractivity (Wildman–Crippen MR) is 146 cm³/mol. The zero-order valence-corrected chi connectivity index (χ0v) is 25.6. The minimum absolute atomic E-state index is 0.176. The molecule has 0 fully saturated rings. The van der Waals surface area contributed by atoms with E-state index in [9.17, 15) is 19.2 Å². The van der Waals surface area contributed by atoms with Gasteiger partial charge in [0.05, 0.1) is 6.61 Å². The highest BCUT2D eigenvalue weighted by Gasteiger charge is 2.05. The Morgan fingerprint density at radius 3 is 1.32 bits per heavy atom. The highest BCUT2D eigenvalue weighted by atomic mass is 28.3. The molecule has 0 bridgehead atoms. The fourth-order valence-corrected chi connectivity index (χ4v) is 2.45. The number of aliphatic carboxylic acids is 3. The Hall–Kier alpha value is -2.89. The molecule has 0 saturated carbocycles. The summed E-state index contributed by atoms with van der Waals surface area (Å²) in [6, 6.07) is 1.07. The number of carboxylic acid groups (broad SMARTS) is 3. The molecule has 3 N–H and O–H groups in total. The molecule has 0 unspecified atom stereocenters. The quantitative estimate of drug-likeness (QED) is 0.128. The van der Waals surface area contributed by atoms with Gasteiger partial charge in [0.2, 0.25) is 0 Å². The summed E-state index contributed by atoms with van der Waals surface area (Å²) in [4.78, 5) is 39.3. The highest BCUT2D eigenvalue weighted by Crippen LogP contribution is 1.91. The molecule has 0 aromatic carbocycles. The lowest BCUT2D eigenvalue weighted by Crippen LogP contribution is -2.21. The van der Waals surface area contributed by atoms with Crippen molar-refractivity contribution in [3.05, 3.63) is 49.1 Å². The Labute approximate surface area is 224 Å². The van der Waals surface area contributed by atoms with Gasteiger partial charge in [-0.05, 0) is 40.2 Å². The molecule has 0 aromatic rings. The number of rotatable bonds is 13. The SMILES string of the molecule is C=C(C)C(=O)O.C=C(C)C(=O)O.C=C(C)C(=O)O.C=CC(=O)OCCC[SiH2]OCC.CO[SiH](OC)OC. The lowest BCUT2D eigenvalue weighted by molar-refractivity contribution is -0.138. The van der Waals surface area contributed by atoms with Gasteiger partial charge in [-0.1, -0.05) is 26.3 Å². The first-order valence-corrected chi connectivity index (χ1v) is 13.7. The molecule has 0 saturated heterocycles. The second-order valence-electron chi connectivity index (χ2n) is 6.53. The van der Waals surface area contributed by atoms with Crippen molar-refractivity contribution < 1.29 is 56.9 Å². The smallest absolute Gasteiger partial charge is 0.478 e. The molecule has 0 rings (SSSR count). The summed E-state index contributed by atoms with van der Waals surface area (Å²) >= 11 is 0. The van der Waals surface area contributed by atoms with Gasteiger partial charge in [0, 0.05) is 50.7 Å². The van der Waals surface area contributed by atoms with Gasteiger partial charge in [0.15, 0.2) is 9.76 Å². The van der Waals surface area contributed by atoms with Crippen molar-refractivity contribution in [3.8, 4) is 0 Å². The van der Waals surface area contributed by atoms with Crippen molar-refractivity contribution in [1.82, 2.24) is 0 Å². The van der Waals surface area contributed by atoms with Gasteiger partial charge in [0.25, 0.3) is 0 Å². The zero-order chi connectivity index (χ0) is 30.4. The summed E-state index contributed by atoms with van der Waals surface area (Å²) in [6.07, 6.45) is 2.09. The minimum atomic E-state index is -1.67. The predicted octanol–water partition coefficient (Wildman–Crippen LogP) is 2.23. The molecule has 0 heterocycles. The number of carboxylic acids is 3. The first-order valence-electron chi connectivity index (χ1n) is 10.7. The normalized spacial score (nSPS) is 8.97. The van der Waals surface area contributed by atoms with Gasteiger partial charge >= 0.3 is 33.4 Å². The Kier molecular flexibility index (Phi) is 39.5. The number of carbonyl (C=O) groups is 4. The fourth-order valence-electron chi connectivity index (χ4n) is 0.971. The second kappa shape index (κ2) is 33.1. The van der Waals surface area contributed by atoms with Crippen LogP contribution in [0.3, 0.4) is 0 Å². The summed E-state index contributed by atoms with van der Waals surface area (Å²) in [5.74, 6) is -3.15. The molecule has 0 spiro atoms. The van der Waals surface area contributed by atoms with E-state index in [4.69, 9.17) is 37.8 Å². The molecule has 0 radical (unpaired) electrons. The van der Waals surface area contributed by atoms with Crippen molar-refractivity contribution in [1.29, 1.82) is 0 Å². The summed E-state index contributed by atoms with van der Waals surface area (Å²) in [6.45, 7) is 20.4. The third-order valence-electron chi connectivity index (χ3n) is 2.97. The molecule has 14 heteroatoms. The second-order valence-corrected chi connectivity index (χ2v) is 10.0. The van der Waals surface area contributed by atoms with Gasteiger partial charge in [-0.3, -0.25) is 0 Å². The number of hydrogen-bond acceptors (Lipinski definition) is 9. The van der Waals surface area contributed by atoms with Gasteiger partial charge in [-0.15, -0.1) is 0 Å². The van der Waals surface area contributed by atoms with Crippen LogP contribution < -0.4 is 0 Å². The third kappa shape index (κ3) is 50.8. The average Bonchev–Trinajstić information content (AvgIpc) is 2.83. The average molecular weight is 569 g/mol. The van der Waals surface area contributed by atoms with Crippen molar-refractivity contribution in [2.45, 2.75) is 40.2 Å². The lowest BCUT2D eigenvalue weighted by atomic mass is 10.4. The number of hydrogen-bond donors (Lipinski definition) is 3. The van der Waals surface area contributed by atoms with Crippen LogP contribution in [0.5, 0.6) is 0 Å². The van der Waals surface area contributed by atoms with Crippen LogP contribution in [0.1, 0.15) is 34.1 Å². The van der Waals surface area contributed by atoms with E-state index in [2.05, 4.69) is 26.3 Å². The Morgan fingerprint density at radius 2 is 1.14 bits per heavy atom. The monoisotopic (exact) mass is 568 g/mol. The van der Waals surface area contributed by atoms with E-state index in [1.165, 1.54) is 26.8 Å². The molecular weight excluding hydrogens is 524 g/mol. The van der Waals surface area contributed by atoms with E-state index in [0.717, 1.165) is 19.1 Å². The summed E-state index contributed by atoms with van der Waals surface area (Å²) < 4.78 is 24.3. The van der Waals surface area contributed by atoms with Gasteiger partial charge in [-0.2, -0.15) is 0 Å². The van der Waals surface area contributed by atoms with Crippen LogP contribution in [-0.4, -0.2) is 93.0 Å².